The quantitative estimate of drug-likeness (QED) is 0.829. The number of nitrogens with one attached hydrogen (secondary N) is 1. The fourth-order valence-corrected chi connectivity index (χ4v) is 4.06. The van der Waals surface area contributed by atoms with Gasteiger partial charge in [0.05, 0.1) is 0 Å². The molecule has 4 rings (SSSR count). The summed E-state index contributed by atoms with van der Waals surface area (Å²) in [6.07, 6.45) is 0. The van der Waals surface area contributed by atoms with E-state index < -0.39 is 0 Å². The molecule has 0 unspecified atom stereocenters. The third-order valence-corrected chi connectivity index (χ3v) is 5.99. The zero-order valence-electron chi connectivity index (χ0n) is 17.8. The lowest BCUT2D eigenvalue weighted by atomic mass is 10.0. The Morgan fingerprint density at radius 1 is 0.933 bits per heavy atom. The van der Waals surface area contributed by atoms with Crippen molar-refractivity contribution >= 4 is 17.6 Å². The van der Waals surface area contributed by atoms with Crippen molar-refractivity contribution in [2.45, 2.75) is 26.3 Å². The standard InChI is InChI=1S/C24H30N4O2/c1-18(2)20-5-3-19(4-6-20)17-26-13-15-27(16-14-26)23(29)21-7-9-22(10-8-21)28-12-11-25-24(28)30/h3-10,18H,11-17H2,1-2H3,(H,25,30). The monoisotopic (exact) mass is 406 g/mol. The topological polar surface area (TPSA) is 55.9 Å². The summed E-state index contributed by atoms with van der Waals surface area (Å²) in [6.45, 7) is 9.89. The summed E-state index contributed by atoms with van der Waals surface area (Å²) in [6, 6.07) is 16.2. The van der Waals surface area contributed by atoms with Crippen LogP contribution in [0.1, 0.15) is 41.3 Å². The van der Waals surface area contributed by atoms with Crippen LogP contribution in [0.15, 0.2) is 48.5 Å². The molecule has 6 nitrogen and oxygen atoms in total. The normalized spacial score (nSPS) is 17.5. The van der Waals surface area contributed by atoms with Gasteiger partial charge in [0, 0.05) is 57.1 Å². The zero-order chi connectivity index (χ0) is 21.1. The van der Waals surface area contributed by atoms with Crippen LogP contribution in [0.3, 0.4) is 0 Å². The van der Waals surface area contributed by atoms with Crippen molar-refractivity contribution in [2.24, 2.45) is 0 Å². The van der Waals surface area contributed by atoms with Crippen molar-refractivity contribution in [1.29, 1.82) is 0 Å². The highest BCUT2D eigenvalue weighted by atomic mass is 16.2. The molecule has 1 N–H and O–H groups in total. The number of carbonyl (C=O) groups excluding carboxylic acids is 2. The predicted octanol–water partition coefficient (Wildman–Crippen LogP) is 3.30. The molecule has 0 bridgehead atoms. The van der Waals surface area contributed by atoms with E-state index in [1.807, 2.05) is 29.2 Å². The second-order valence-corrected chi connectivity index (χ2v) is 8.40. The van der Waals surface area contributed by atoms with Gasteiger partial charge in [0.25, 0.3) is 5.91 Å². The number of rotatable bonds is 5. The maximum Gasteiger partial charge on any atom is 0.321 e. The Kier molecular flexibility index (Phi) is 6.04. The van der Waals surface area contributed by atoms with E-state index >= 15 is 0 Å². The highest BCUT2D eigenvalue weighted by Crippen LogP contribution is 2.19. The Hall–Kier alpha value is -2.86. The van der Waals surface area contributed by atoms with Gasteiger partial charge in [-0.15, -0.1) is 0 Å². The molecule has 6 heteroatoms. The second-order valence-electron chi connectivity index (χ2n) is 8.40. The minimum Gasteiger partial charge on any atom is -0.336 e. The van der Waals surface area contributed by atoms with E-state index in [0.29, 0.717) is 24.6 Å². The Bertz CT molecular complexity index is 884. The minimum atomic E-state index is -0.0796. The largest absolute Gasteiger partial charge is 0.336 e. The van der Waals surface area contributed by atoms with Gasteiger partial charge in [0.15, 0.2) is 0 Å². The molecule has 2 aromatic carbocycles. The lowest BCUT2D eigenvalue weighted by molar-refractivity contribution is 0.0628. The maximum absolute atomic E-state index is 12.9. The molecule has 0 aromatic heterocycles. The molecular formula is C24H30N4O2. The van der Waals surface area contributed by atoms with Crippen LogP contribution in [0, 0.1) is 0 Å². The molecule has 2 heterocycles. The average Bonchev–Trinajstić information content (AvgIpc) is 3.20. The van der Waals surface area contributed by atoms with Crippen molar-refractivity contribution in [1.82, 2.24) is 15.1 Å². The first-order valence-electron chi connectivity index (χ1n) is 10.8. The van der Waals surface area contributed by atoms with Crippen LogP contribution in [0.25, 0.3) is 0 Å². The molecule has 0 spiro atoms. The summed E-state index contributed by atoms with van der Waals surface area (Å²) in [5.41, 5.74) is 4.19. The fraction of sp³-hybridized carbons (Fsp3) is 0.417. The third-order valence-electron chi connectivity index (χ3n) is 5.99. The summed E-state index contributed by atoms with van der Waals surface area (Å²) in [4.78, 5) is 30.7. The summed E-state index contributed by atoms with van der Waals surface area (Å²) in [7, 11) is 0. The summed E-state index contributed by atoms with van der Waals surface area (Å²) in [5, 5.41) is 2.79. The summed E-state index contributed by atoms with van der Waals surface area (Å²) < 4.78 is 0. The van der Waals surface area contributed by atoms with Gasteiger partial charge in [-0.3, -0.25) is 14.6 Å². The van der Waals surface area contributed by atoms with E-state index in [0.717, 1.165) is 38.4 Å². The van der Waals surface area contributed by atoms with E-state index in [2.05, 4.69) is 48.3 Å². The van der Waals surface area contributed by atoms with Gasteiger partial charge in [0.1, 0.15) is 0 Å². The van der Waals surface area contributed by atoms with Gasteiger partial charge in [0.2, 0.25) is 0 Å². The van der Waals surface area contributed by atoms with Gasteiger partial charge in [-0.25, -0.2) is 4.79 Å². The molecule has 3 amide bonds. The van der Waals surface area contributed by atoms with Crippen LogP contribution in [-0.2, 0) is 6.54 Å². The van der Waals surface area contributed by atoms with Gasteiger partial charge >= 0.3 is 6.03 Å². The molecule has 158 valence electrons. The van der Waals surface area contributed by atoms with E-state index in [4.69, 9.17) is 0 Å². The SMILES string of the molecule is CC(C)c1ccc(CN2CCN(C(=O)c3ccc(N4CCNC4=O)cc3)CC2)cc1. The van der Waals surface area contributed by atoms with E-state index in [9.17, 15) is 9.59 Å². The van der Waals surface area contributed by atoms with Crippen LogP contribution in [-0.4, -0.2) is 61.0 Å². The highest BCUT2D eigenvalue weighted by molar-refractivity contribution is 5.97. The molecule has 2 aliphatic rings. The molecule has 0 atom stereocenters. The number of hydrogen-bond acceptors (Lipinski definition) is 3. The molecule has 0 saturated carbocycles. The Labute approximate surface area is 178 Å². The van der Waals surface area contributed by atoms with Crippen LogP contribution in [0.5, 0.6) is 0 Å². The predicted molar refractivity (Wildman–Crippen MR) is 119 cm³/mol. The zero-order valence-corrected chi connectivity index (χ0v) is 17.8. The average molecular weight is 407 g/mol. The molecule has 2 aromatic rings. The minimum absolute atomic E-state index is 0.0633. The smallest absolute Gasteiger partial charge is 0.321 e. The second kappa shape index (κ2) is 8.88. The molecule has 2 fully saturated rings. The first kappa shape index (κ1) is 20.4. The summed E-state index contributed by atoms with van der Waals surface area (Å²) >= 11 is 0. The molecular weight excluding hydrogens is 376 g/mol. The number of carbonyl (C=O) groups is 2. The number of benzene rings is 2. The molecule has 0 aliphatic carbocycles. The lowest BCUT2D eigenvalue weighted by Gasteiger charge is -2.35. The number of hydrogen-bond donors (Lipinski definition) is 1. The number of amides is 3. The van der Waals surface area contributed by atoms with Crippen molar-refractivity contribution in [3.63, 3.8) is 0 Å². The van der Waals surface area contributed by atoms with E-state index in [1.54, 1.807) is 4.90 Å². The number of piperazine rings is 1. The number of urea groups is 1. The Morgan fingerprint density at radius 2 is 1.60 bits per heavy atom. The van der Waals surface area contributed by atoms with Crippen molar-refractivity contribution in [3.05, 3.63) is 65.2 Å². The fourth-order valence-electron chi connectivity index (χ4n) is 4.06. The number of nitrogens with zero attached hydrogens (tertiary/aromatic N) is 3. The van der Waals surface area contributed by atoms with Crippen LogP contribution in [0.2, 0.25) is 0 Å². The van der Waals surface area contributed by atoms with Crippen molar-refractivity contribution in [3.8, 4) is 0 Å². The van der Waals surface area contributed by atoms with Crippen molar-refractivity contribution < 1.29 is 9.59 Å². The van der Waals surface area contributed by atoms with Crippen LogP contribution < -0.4 is 10.2 Å². The van der Waals surface area contributed by atoms with Crippen LogP contribution in [0.4, 0.5) is 10.5 Å². The molecule has 2 aliphatic heterocycles. The molecule has 0 radical (unpaired) electrons. The van der Waals surface area contributed by atoms with Crippen molar-refractivity contribution in [2.75, 3.05) is 44.2 Å². The first-order chi connectivity index (χ1) is 14.5. The Balaban J connectivity index is 1.30. The lowest BCUT2D eigenvalue weighted by Crippen LogP contribution is -2.48. The first-order valence-corrected chi connectivity index (χ1v) is 10.8. The Morgan fingerprint density at radius 3 is 2.17 bits per heavy atom. The number of anilines is 1. The van der Waals surface area contributed by atoms with Gasteiger partial charge in [-0.1, -0.05) is 38.1 Å². The van der Waals surface area contributed by atoms with E-state index in [-0.39, 0.29) is 11.9 Å². The van der Waals surface area contributed by atoms with Gasteiger partial charge in [-0.05, 0) is 41.3 Å². The summed E-state index contributed by atoms with van der Waals surface area (Å²) in [5.74, 6) is 0.614. The van der Waals surface area contributed by atoms with Gasteiger partial charge < -0.3 is 10.2 Å². The van der Waals surface area contributed by atoms with Gasteiger partial charge in [-0.2, -0.15) is 0 Å². The molecule has 30 heavy (non-hydrogen) atoms. The van der Waals surface area contributed by atoms with Crippen LogP contribution >= 0.6 is 0 Å². The van der Waals surface area contributed by atoms with E-state index in [1.165, 1.54) is 11.1 Å². The third kappa shape index (κ3) is 4.49. The molecule has 2 saturated heterocycles. The highest BCUT2D eigenvalue weighted by Gasteiger charge is 2.24. The maximum atomic E-state index is 12.9.